The van der Waals surface area contributed by atoms with E-state index < -0.39 is 10.8 Å². The Morgan fingerprint density at radius 2 is 2.18 bits per heavy atom. The Balaban J connectivity index is 2.92. The van der Waals surface area contributed by atoms with Gasteiger partial charge in [0, 0.05) is 5.56 Å². The number of carbonyl (C=O) groups is 2. The van der Waals surface area contributed by atoms with Crippen molar-refractivity contribution in [3.8, 4) is 5.75 Å². The van der Waals surface area contributed by atoms with Crippen LogP contribution in [0.4, 0.5) is 0 Å². The summed E-state index contributed by atoms with van der Waals surface area (Å²) >= 11 is 8.94. The Bertz CT molecular complexity index is 447. The highest BCUT2D eigenvalue weighted by Crippen LogP contribution is 2.25. The number of ketones is 1. The Hall–Kier alpha value is -1.07. The van der Waals surface area contributed by atoms with Crippen molar-refractivity contribution < 1.29 is 19.4 Å². The first kappa shape index (κ1) is 14.0. The van der Waals surface area contributed by atoms with Crippen LogP contribution in [-0.2, 0) is 4.79 Å². The average molecular weight is 322 g/mol. The Labute approximate surface area is 112 Å². The molecule has 0 aromatic heterocycles. The second-order valence-electron chi connectivity index (χ2n) is 3.28. The minimum Gasteiger partial charge on any atom is -0.497 e. The van der Waals surface area contributed by atoms with E-state index in [9.17, 15) is 9.59 Å². The number of hydrogen-bond donors (Lipinski definition) is 1. The highest BCUT2D eigenvalue weighted by molar-refractivity contribution is 9.10. The van der Waals surface area contributed by atoms with Crippen LogP contribution in [0.15, 0.2) is 18.2 Å². The first-order valence-corrected chi connectivity index (χ1v) is 5.98. The van der Waals surface area contributed by atoms with Gasteiger partial charge in [-0.2, -0.15) is 0 Å². The summed E-state index contributed by atoms with van der Waals surface area (Å²) in [5.41, 5.74) is 0.274. The maximum Gasteiger partial charge on any atom is 0.304 e. The molecule has 17 heavy (non-hydrogen) atoms. The van der Waals surface area contributed by atoms with Gasteiger partial charge in [0.2, 0.25) is 0 Å². The molecule has 1 aromatic rings. The van der Waals surface area contributed by atoms with Gasteiger partial charge in [0.25, 0.3) is 0 Å². The van der Waals surface area contributed by atoms with E-state index in [4.69, 9.17) is 21.4 Å². The van der Waals surface area contributed by atoms with E-state index in [1.54, 1.807) is 6.07 Å². The fourth-order valence-corrected chi connectivity index (χ4v) is 2.02. The zero-order valence-corrected chi connectivity index (χ0v) is 11.3. The number of carboxylic acids is 1. The third-order valence-electron chi connectivity index (χ3n) is 2.08. The Morgan fingerprint density at radius 1 is 1.53 bits per heavy atom. The van der Waals surface area contributed by atoms with Gasteiger partial charge >= 0.3 is 5.97 Å². The predicted octanol–water partition coefficient (Wildman–Crippen LogP) is 2.77. The lowest BCUT2D eigenvalue weighted by atomic mass is 10.1. The summed E-state index contributed by atoms with van der Waals surface area (Å²) in [7, 11) is 1.49. The smallest absolute Gasteiger partial charge is 0.304 e. The lowest BCUT2D eigenvalue weighted by Crippen LogP contribution is -2.18. The van der Waals surface area contributed by atoms with Crippen LogP contribution in [-0.4, -0.2) is 28.8 Å². The van der Waals surface area contributed by atoms with E-state index >= 15 is 0 Å². The molecule has 92 valence electrons. The molecule has 0 saturated heterocycles. The second kappa shape index (κ2) is 6.02. The molecule has 0 heterocycles. The van der Waals surface area contributed by atoms with Gasteiger partial charge in [-0.3, -0.25) is 9.59 Å². The number of rotatable bonds is 5. The molecule has 0 aliphatic carbocycles. The maximum absolute atomic E-state index is 11.9. The van der Waals surface area contributed by atoms with Crippen molar-refractivity contribution in [2.75, 3.05) is 7.11 Å². The van der Waals surface area contributed by atoms with Gasteiger partial charge in [0.1, 0.15) is 5.75 Å². The number of ether oxygens (including phenoxy) is 1. The number of alkyl halides is 1. The lowest BCUT2D eigenvalue weighted by Gasteiger charge is -2.09. The topological polar surface area (TPSA) is 63.6 Å². The van der Waals surface area contributed by atoms with E-state index in [1.165, 1.54) is 19.2 Å². The third-order valence-corrected chi connectivity index (χ3v) is 3.13. The molecule has 0 aliphatic heterocycles. The fourth-order valence-electron chi connectivity index (χ4n) is 1.24. The molecular formula is C11H10BrClO4. The van der Waals surface area contributed by atoms with Crippen molar-refractivity contribution in [2.45, 2.75) is 11.2 Å². The van der Waals surface area contributed by atoms with E-state index in [0.717, 1.165) is 0 Å². The largest absolute Gasteiger partial charge is 0.497 e. The zero-order chi connectivity index (χ0) is 13.0. The van der Waals surface area contributed by atoms with Crippen molar-refractivity contribution in [3.63, 3.8) is 0 Å². The van der Waals surface area contributed by atoms with Crippen LogP contribution in [0.3, 0.4) is 0 Å². The van der Waals surface area contributed by atoms with Gasteiger partial charge in [-0.25, -0.2) is 0 Å². The monoisotopic (exact) mass is 320 g/mol. The summed E-state index contributed by atoms with van der Waals surface area (Å²) in [6.45, 7) is 0. The van der Waals surface area contributed by atoms with Crippen LogP contribution in [0.2, 0.25) is 5.02 Å². The quantitative estimate of drug-likeness (QED) is 0.669. The molecule has 1 rings (SSSR count). The van der Waals surface area contributed by atoms with E-state index in [1.807, 2.05) is 0 Å². The number of hydrogen-bond acceptors (Lipinski definition) is 3. The number of aliphatic carboxylic acids is 1. The number of benzene rings is 1. The van der Waals surface area contributed by atoms with E-state index in [-0.39, 0.29) is 22.8 Å². The molecule has 1 N–H and O–H groups in total. The Morgan fingerprint density at radius 3 is 2.65 bits per heavy atom. The standard InChI is InChI=1S/C11H10BrClO4/c1-17-6-2-3-7(9(13)4-6)11(16)8(12)5-10(14)15/h2-4,8H,5H2,1H3,(H,14,15). The van der Waals surface area contributed by atoms with Crippen LogP contribution in [0, 0.1) is 0 Å². The number of carboxylic acid groups (broad SMARTS) is 1. The SMILES string of the molecule is COc1ccc(C(=O)C(Br)CC(=O)O)c(Cl)c1. The first-order valence-electron chi connectivity index (χ1n) is 4.69. The Kier molecular flexibility index (Phi) is 4.96. The number of carbonyl (C=O) groups excluding carboxylic acids is 1. The van der Waals surface area contributed by atoms with Crippen LogP contribution in [0.25, 0.3) is 0 Å². The van der Waals surface area contributed by atoms with Gasteiger partial charge in [-0.05, 0) is 18.2 Å². The number of methoxy groups -OCH3 is 1. The molecule has 0 aliphatic rings. The summed E-state index contributed by atoms with van der Waals surface area (Å²) < 4.78 is 4.95. The molecule has 0 bridgehead atoms. The van der Waals surface area contributed by atoms with Crippen molar-refractivity contribution in [3.05, 3.63) is 28.8 Å². The molecule has 1 atom stereocenters. The molecule has 0 saturated carbocycles. The number of halogens is 2. The zero-order valence-electron chi connectivity index (χ0n) is 8.94. The molecule has 0 fully saturated rings. The predicted molar refractivity (Wildman–Crippen MR) is 67.3 cm³/mol. The van der Waals surface area contributed by atoms with Crippen LogP contribution in [0.1, 0.15) is 16.8 Å². The molecule has 4 nitrogen and oxygen atoms in total. The summed E-state index contributed by atoms with van der Waals surface area (Å²) in [6.07, 6.45) is -0.290. The fraction of sp³-hybridized carbons (Fsp3) is 0.273. The summed E-state index contributed by atoms with van der Waals surface area (Å²) in [5, 5.41) is 8.84. The third kappa shape index (κ3) is 3.71. The minimum atomic E-state index is -1.05. The van der Waals surface area contributed by atoms with Gasteiger partial charge in [-0.1, -0.05) is 27.5 Å². The van der Waals surface area contributed by atoms with Gasteiger partial charge < -0.3 is 9.84 Å². The van der Waals surface area contributed by atoms with Gasteiger partial charge in [0.05, 0.1) is 23.4 Å². The molecule has 1 aromatic carbocycles. The van der Waals surface area contributed by atoms with Crippen molar-refractivity contribution in [1.82, 2.24) is 0 Å². The first-order chi connectivity index (χ1) is 7.95. The van der Waals surface area contributed by atoms with Crippen molar-refractivity contribution in [2.24, 2.45) is 0 Å². The van der Waals surface area contributed by atoms with E-state index in [2.05, 4.69) is 15.9 Å². The summed E-state index contributed by atoms with van der Waals surface area (Å²) in [4.78, 5) is 21.6. The van der Waals surface area contributed by atoms with Crippen LogP contribution >= 0.6 is 27.5 Å². The van der Waals surface area contributed by atoms with Gasteiger partial charge in [-0.15, -0.1) is 0 Å². The van der Waals surface area contributed by atoms with E-state index in [0.29, 0.717) is 5.75 Å². The highest BCUT2D eigenvalue weighted by Gasteiger charge is 2.22. The number of Topliss-reactive ketones (excluding diaryl/α,β-unsaturated/α-hetero) is 1. The molecule has 6 heteroatoms. The lowest BCUT2D eigenvalue weighted by molar-refractivity contribution is -0.136. The molecule has 0 radical (unpaired) electrons. The molecule has 0 spiro atoms. The minimum absolute atomic E-state index is 0.240. The average Bonchev–Trinajstić information content (AvgIpc) is 2.27. The maximum atomic E-state index is 11.9. The van der Waals surface area contributed by atoms with Crippen molar-refractivity contribution in [1.29, 1.82) is 0 Å². The van der Waals surface area contributed by atoms with Gasteiger partial charge in [0.15, 0.2) is 5.78 Å². The highest BCUT2D eigenvalue weighted by atomic mass is 79.9. The summed E-state index contributed by atoms with van der Waals surface area (Å²) in [6, 6.07) is 4.62. The van der Waals surface area contributed by atoms with Crippen molar-refractivity contribution >= 4 is 39.3 Å². The molecule has 0 amide bonds. The van der Waals surface area contributed by atoms with Crippen LogP contribution in [0.5, 0.6) is 5.75 Å². The van der Waals surface area contributed by atoms with Crippen LogP contribution < -0.4 is 4.74 Å². The normalized spacial score (nSPS) is 11.9. The second-order valence-corrected chi connectivity index (χ2v) is 4.79. The molecule has 1 unspecified atom stereocenters. The summed E-state index contributed by atoms with van der Waals surface area (Å²) in [5.74, 6) is -0.874. The molecular weight excluding hydrogens is 311 g/mol.